The molecule has 0 radical (unpaired) electrons. The molecule has 0 saturated heterocycles. The number of nitrogens with zero attached hydrogens (tertiary/aromatic N) is 1. The molecule has 44 heavy (non-hydrogen) atoms. The number of benzene rings is 2. The summed E-state index contributed by atoms with van der Waals surface area (Å²) in [5, 5.41) is 47.8. The van der Waals surface area contributed by atoms with E-state index < -0.39 is 58.0 Å². The normalized spacial score (nSPS) is 24.6. The van der Waals surface area contributed by atoms with E-state index in [0.29, 0.717) is 41.8 Å². The number of nitrogens with two attached hydrogens (primary N) is 1. The largest absolute Gasteiger partial charge is 0.510 e. The van der Waals surface area contributed by atoms with Crippen LogP contribution in [0.4, 0.5) is 0 Å². The Bertz CT molecular complexity index is 1640. The number of ketones is 2. The lowest BCUT2D eigenvalue weighted by Gasteiger charge is -2.50. The van der Waals surface area contributed by atoms with Crippen LogP contribution in [0, 0.1) is 11.8 Å². The first-order valence-electron chi connectivity index (χ1n) is 14.2. The Labute approximate surface area is 253 Å². The lowest BCUT2D eigenvalue weighted by molar-refractivity contribution is -0.148. The number of amides is 2. The molecule has 0 aromatic heterocycles. The number of allylic oxidation sites excluding steroid dienone is 1. The second-order valence-corrected chi connectivity index (χ2v) is 11.6. The van der Waals surface area contributed by atoms with E-state index in [1.165, 1.54) is 11.0 Å². The molecule has 0 heterocycles. The van der Waals surface area contributed by atoms with Crippen LogP contribution in [0.3, 0.4) is 0 Å². The maximum absolute atomic E-state index is 14.0. The molecular weight excluding hydrogens is 570 g/mol. The Morgan fingerprint density at radius 2 is 1.86 bits per heavy atom. The highest BCUT2D eigenvalue weighted by Crippen LogP contribution is 2.53. The predicted molar refractivity (Wildman–Crippen MR) is 158 cm³/mol. The molecule has 0 spiro atoms. The molecule has 4 atom stereocenters. The molecule has 3 aliphatic carbocycles. The highest BCUT2D eigenvalue weighted by atomic mass is 16.5. The molecule has 7 N–H and O–H groups in total. The van der Waals surface area contributed by atoms with E-state index in [0.717, 1.165) is 0 Å². The first-order chi connectivity index (χ1) is 20.8. The number of methoxy groups -OCH3 is 1. The van der Waals surface area contributed by atoms with Crippen LogP contribution in [0.5, 0.6) is 5.75 Å². The van der Waals surface area contributed by atoms with Gasteiger partial charge in [0, 0.05) is 37.3 Å². The Balaban J connectivity index is 1.60. The van der Waals surface area contributed by atoms with E-state index in [-0.39, 0.29) is 35.6 Å². The molecule has 232 valence electrons. The van der Waals surface area contributed by atoms with Gasteiger partial charge in [0.1, 0.15) is 22.8 Å². The van der Waals surface area contributed by atoms with E-state index in [1.807, 2.05) is 0 Å². The minimum Gasteiger partial charge on any atom is -0.510 e. The van der Waals surface area contributed by atoms with Crippen molar-refractivity contribution >= 4 is 23.4 Å². The quantitative estimate of drug-likeness (QED) is 0.190. The molecule has 5 rings (SSSR count). The Morgan fingerprint density at radius 3 is 2.52 bits per heavy atom. The van der Waals surface area contributed by atoms with E-state index in [4.69, 9.17) is 10.5 Å². The van der Waals surface area contributed by atoms with Crippen molar-refractivity contribution in [2.24, 2.45) is 17.6 Å². The highest BCUT2D eigenvalue weighted by Gasteiger charge is 2.63. The van der Waals surface area contributed by atoms with Crippen LogP contribution in [-0.2, 0) is 20.7 Å². The molecular formula is C32H35N3O9. The summed E-state index contributed by atoms with van der Waals surface area (Å²) in [4.78, 5) is 53.9. The molecule has 0 aliphatic heterocycles. The van der Waals surface area contributed by atoms with Crippen molar-refractivity contribution in [1.29, 1.82) is 0 Å². The van der Waals surface area contributed by atoms with Gasteiger partial charge in [-0.1, -0.05) is 18.2 Å². The smallest absolute Gasteiger partial charge is 0.255 e. The zero-order chi connectivity index (χ0) is 32.1. The molecule has 3 aliphatic rings. The average Bonchev–Trinajstić information content (AvgIpc) is 2.97. The zero-order valence-electron chi connectivity index (χ0n) is 24.6. The van der Waals surface area contributed by atoms with Crippen LogP contribution in [0.25, 0.3) is 11.1 Å². The third-order valence-corrected chi connectivity index (χ3v) is 8.85. The van der Waals surface area contributed by atoms with E-state index in [9.17, 15) is 39.6 Å². The van der Waals surface area contributed by atoms with Gasteiger partial charge in [-0.25, -0.2) is 0 Å². The van der Waals surface area contributed by atoms with Gasteiger partial charge in [0.05, 0.1) is 11.6 Å². The van der Waals surface area contributed by atoms with Gasteiger partial charge in [-0.3, -0.25) is 24.1 Å². The van der Waals surface area contributed by atoms with Gasteiger partial charge in [0.15, 0.2) is 11.4 Å². The second kappa shape index (κ2) is 11.5. The summed E-state index contributed by atoms with van der Waals surface area (Å²) in [6, 6.07) is 8.73. The van der Waals surface area contributed by atoms with Crippen LogP contribution >= 0.6 is 0 Å². The molecule has 0 bridgehead atoms. The number of rotatable bonds is 8. The van der Waals surface area contributed by atoms with Gasteiger partial charge in [-0.15, -0.1) is 0 Å². The number of phenols is 1. The van der Waals surface area contributed by atoms with Crippen molar-refractivity contribution in [3.8, 4) is 16.9 Å². The van der Waals surface area contributed by atoms with Gasteiger partial charge in [-0.2, -0.15) is 0 Å². The minimum atomic E-state index is -2.71. The third-order valence-electron chi connectivity index (χ3n) is 8.85. The van der Waals surface area contributed by atoms with E-state index >= 15 is 0 Å². The summed E-state index contributed by atoms with van der Waals surface area (Å²) in [7, 11) is 4.73. The lowest BCUT2D eigenvalue weighted by atomic mass is 9.58. The second-order valence-electron chi connectivity index (χ2n) is 11.6. The van der Waals surface area contributed by atoms with Gasteiger partial charge >= 0.3 is 0 Å². The molecule has 1 unspecified atom stereocenters. The Morgan fingerprint density at radius 1 is 1.14 bits per heavy atom. The van der Waals surface area contributed by atoms with Gasteiger partial charge in [0.25, 0.3) is 11.8 Å². The fourth-order valence-corrected chi connectivity index (χ4v) is 6.87. The number of aliphatic hydroxyl groups is 3. The summed E-state index contributed by atoms with van der Waals surface area (Å²) >= 11 is 0. The number of aromatic hydroxyl groups is 1. The summed E-state index contributed by atoms with van der Waals surface area (Å²) in [6.45, 7) is 0.932. The number of fused-ring (bicyclic) bond motifs is 3. The number of carbonyl (C=O) groups is 4. The molecule has 12 nitrogen and oxygen atoms in total. The van der Waals surface area contributed by atoms with Crippen LogP contribution in [-0.4, -0.2) is 94.7 Å². The maximum Gasteiger partial charge on any atom is 0.255 e. The average molecular weight is 606 g/mol. The van der Waals surface area contributed by atoms with Crippen molar-refractivity contribution in [3.05, 3.63) is 75.8 Å². The number of hydrogen-bond acceptors (Lipinski definition) is 10. The zero-order valence-corrected chi connectivity index (χ0v) is 24.6. The standard InChI is InChI=1S/C32H35N3O9/c1-35(2)25-20-14-17-13-19-18(15-6-4-7-16(12-15)31(42)34-10-5-11-44-3)8-9-21(36)23(19)26(37)22(17)28(39)32(20,43)29(40)24(27(25)38)30(33)41/h4,6-9,12,17,20,25,36,38-39,43H,5,10-11,13-14H2,1-3H3,(H2,33,41)(H,34,42)/t17-,20-,25?,32-/m0/s1. The molecule has 2 amide bonds. The number of carbonyl (C=O) groups excluding carboxylic acids is 4. The van der Waals surface area contributed by atoms with Gasteiger partial charge in [0.2, 0.25) is 5.78 Å². The molecule has 12 heteroatoms. The van der Waals surface area contributed by atoms with Crippen LogP contribution in [0.1, 0.15) is 39.1 Å². The summed E-state index contributed by atoms with van der Waals surface area (Å²) in [5.41, 5.74) is 3.56. The molecule has 0 saturated carbocycles. The van der Waals surface area contributed by atoms with Crippen molar-refractivity contribution in [1.82, 2.24) is 10.2 Å². The molecule has 0 fully saturated rings. The first-order valence-corrected chi connectivity index (χ1v) is 14.2. The monoisotopic (exact) mass is 605 g/mol. The fourth-order valence-electron chi connectivity index (χ4n) is 6.87. The van der Waals surface area contributed by atoms with Crippen molar-refractivity contribution < 1.29 is 44.3 Å². The van der Waals surface area contributed by atoms with Crippen LogP contribution in [0.15, 0.2) is 59.1 Å². The first kappa shape index (κ1) is 30.9. The SMILES string of the molecule is COCCCNC(=O)c1cccc(-c2ccc(O)c3c2C[C@H]2C[C@H]4C(N(C)C)C(O)=C(C(N)=O)C(=O)[C@@]4(O)C(O)=C2C3=O)c1. The highest BCUT2D eigenvalue weighted by molar-refractivity contribution is 6.25. The van der Waals surface area contributed by atoms with Crippen LogP contribution < -0.4 is 11.1 Å². The summed E-state index contributed by atoms with van der Waals surface area (Å²) in [6.07, 6.45) is 0.754. The van der Waals surface area contributed by atoms with Crippen molar-refractivity contribution in [2.45, 2.75) is 30.9 Å². The molecule has 2 aromatic carbocycles. The number of hydrogen-bond donors (Lipinski definition) is 6. The number of ether oxygens (including phenoxy) is 1. The van der Waals surface area contributed by atoms with Crippen molar-refractivity contribution in [3.63, 3.8) is 0 Å². The Kier molecular flexibility index (Phi) is 8.10. The number of phenolic OH excluding ortho intramolecular Hbond substituents is 1. The maximum atomic E-state index is 14.0. The fraction of sp³-hybridized carbons (Fsp3) is 0.375. The summed E-state index contributed by atoms with van der Waals surface area (Å²) in [5.74, 6) is -7.37. The van der Waals surface area contributed by atoms with Crippen molar-refractivity contribution in [2.75, 3.05) is 34.4 Å². The third kappa shape index (κ3) is 4.75. The number of nitrogens with one attached hydrogen (secondary N) is 1. The molecule has 2 aromatic rings. The summed E-state index contributed by atoms with van der Waals surface area (Å²) < 4.78 is 5.01. The predicted octanol–water partition coefficient (Wildman–Crippen LogP) is 1.55. The Hall–Kier alpha value is -4.52. The van der Waals surface area contributed by atoms with Gasteiger partial charge in [-0.05, 0) is 74.2 Å². The van der Waals surface area contributed by atoms with E-state index in [2.05, 4.69) is 5.32 Å². The van der Waals surface area contributed by atoms with Gasteiger partial charge < -0.3 is 36.2 Å². The number of aliphatic hydroxyl groups excluding tert-OH is 2. The number of primary amides is 1. The van der Waals surface area contributed by atoms with Crippen LogP contribution in [0.2, 0.25) is 0 Å². The van der Waals surface area contributed by atoms with E-state index in [1.54, 1.807) is 51.5 Å². The number of Topliss-reactive ketones (excluding diaryl/α,β-unsaturated/α-hetero) is 2. The lowest BCUT2D eigenvalue weighted by Crippen LogP contribution is -2.63. The number of likely N-dealkylation sites (N-methyl/N-ethyl adjacent to an activating group) is 1. The minimum absolute atomic E-state index is 0.0230. The topological polar surface area (TPSA) is 200 Å².